The van der Waals surface area contributed by atoms with Crippen LogP contribution in [0.2, 0.25) is 0 Å². The number of nitrogens with one attached hydrogen (secondary N) is 1. The Balaban J connectivity index is 1.48. The van der Waals surface area contributed by atoms with E-state index in [0.29, 0.717) is 29.3 Å². The molecule has 0 aliphatic heterocycles. The number of rotatable bonds is 7. The van der Waals surface area contributed by atoms with Crippen LogP contribution in [0.1, 0.15) is 36.3 Å². The van der Waals surface area contributed by atoms with Crippen molar-refractivity contribution in [1.29, 1.82) is 0 Å². The molecule has 0 amide bonds. The maximum Gasteiger partial charge on any atom is 0.416 e. The van der Waals surface area contributed by atoms with Crippen LogP contribution in [0.5, 0.6) is 5.88 Å². The van der Waals surface area contributed by atoms with Crippen LogP contribution in [0.15, 0.2) is 64.5 Å². The fourth-order valence-corrected chi connectivity index (χ4v) is 5.98. The SMILES string of the molecule is CN(C)[C@H]1C[C@@H](c2cccc(C(F)(F)F)c2)CC[C@@H]1Oc1ncc(S(=O)(=O)Nc2ccncn2)cc1Br. The zero-order chi connectivity index (χ0) is 26.8. The van der Waals surface area contributed by atoms with Crippen molar-refractivity contribution in [2.75, 3.05) is 18.8 Å². The number of hydrogen-bond acceptors (Lipinski definition) is 7. The van der Waals surface area contributed by atoms with Gasteiger partial charge >= 0.3 is 6.18 Å². The predicted molar refractivity (Wildman–Crippen MR) is 135 cm³/mol. The molecule has 1 aromatic carbocycles. The minimum absolute atomic E-state index is 0.0497. The Kier molecular flexibility index (Phi) is 8.05. The van der Waals surface area contributed by atoms with Gasteiger partial charge in [0.2, 0.25) is 5.88 Å². The number of sulfonamides is 1. The Morgan fingerprint density at radius 3 is 2.57 bits per heavy atom. The average molecular weight is 600 g/mol. The molecular weight excluding hydrogens is 575 g/mol. The molecule has 3 atom stereocenters. The number of halogens is 4. The summed E-state index contributed by atoms with van der Waals surface area (Å²) in [5.74, 6) is 0.305. The van der Waals surface area contributed by atoms with Gasteiger partial charge in [-0.05, 0) is 79.0 Å². The normalized spacial score (nSPS) is 20.6. The van der Waals surface area contributed by atoms with Crippen LogP contribution in [0.4, 0.5) is 19.0 Å². The van der Waals surface area contributed by atoms with Crippen LogP contribution in [0.25, 0.3) is 0 Å². The van der Waals surface area contributed by atoms with E-state index < -0.39 is 21.8 Å². The molecule has 3 aromatic rings. The summed E-state index contributed by atoms with van der Waals surface area (Å²) in [7, 11) is -0.148. The van der Waals surface area contributed by atoms with Crippen LogP contribution >= 0.6 is 15.9 Å². The van der Waals surface area contributed by atoms with Gasteiger partial charge in [0.1, 0.15) is 23.1 Å². The van der Waals surface area contributed by atoms with Gasteiger partial charge in [-0.15, -0.1) is 0 Å². The van der Waals surface area contributed by atoms with Crippen molar-refractivity contribution in [3.05, 3.63) is 70.7 Å². The number of aromatic nitrogens is 3. The van der Waals surface area contributed by atoms with E-state index in [9.17, 15) is 21.6 Å². The molecule has 13 heteroatoms. The van der Waals surface area contributed by atoms with E-state index >= 15 is 0 Å². The molecule has 1 aliphatic rings. The zero-order valence-corrected chi connectivity index (χ0v) is 22.4. The molecule has 1 fully saturated rings. The second-order valence-electron chi connectivity index (χ2n) is 8.98. The first-order valence-corrected chi connectivity index (χ1v) is 13.7. The van der Waals surface area contributed by atoms with Gasteiger partial charge in [0.05, 0.1) is 16.2 Å². The lowest BCUT2D eigenvalue weighted by Crippen LogP contribution is -2.46. The predicted octanol–water partition coefficient (Wildman–Crippen LogP) is 5.10. The standard InChI is InChI=1S/C24H25BrF3N5O3S/c1-33(2)20-11-16(15-4-3-5-17(10-15)24(26,27)28)6-7-21(20)36-23-19(25)12-18(13-30-23)37(34,35)32-22-8-9-29-14-31-22/h3-5,8-10,12-14,16,20-21H,6-7,11H2,1-2H3,(H,29,31,32)/t16-,20-,21-/m0/s1. The maximum absolute atomic E-state index is 13.2. The average Bonchev–Trinajstić information content (AvgIpc) is 2.85. The van der Waals surface area contributed by atoms with Gasteiger partial charge in [-0.2, -0.15) is 13.2 Å². The minimum Gasteiger partial charge on any atom is -0.472 e. The van der Waals surface area contributed by atoms with Crippen molar-refractivity contribution < 1.29 is 26.3 Å². The molecule has 37 heavy (non-hydrogen) atoms. The molecule has 0 radical (unpaired) electrons. The zero-order valence-electron chi connectivity index (χ0n) is 20.0. The number of hydrogen-bond donors (Lipinski definition) is 1. The van der Waals surface area contributed by atoms with E-state index in [2.05, 4.69) is 35.6 Å². The summed E-state index contributed by atoms with van der Waals surface area (Å²) in [6.07, 6.45) is 0.997. The monoisotopic (exact) mass is 599 g/mol. The van der Waals surface area contributed by atoms with E-state index in [0.717, 1.165) is 6.07 Å². The van der Waals surface area contributed by atoms with E-state index in [-0.39, 0.29) is 34.7 Å². The van der Waals surface area contributed by atoms with Gasteiger partial charge in [0.15, 0.2) is 0 Å². The molecule has 0 unspecified atom stereocenters. The van der Waals surface area contributed by atoms with Crippen molar-refractivity contribution in [3.8, 4) is 5.88 Å². The Labute approximate surface area is 221 Å². The van der Waals surface area contributed by atoms with Gasteiger partial charge in [0.25, 0.3) is 10.0 Å². The van der Waals surface area contributed by atoms with Gasteiger partial charge in [-0.1, -0.05) is 18.2 Å². The van der Waals surface area contributed by atoms with E-state index in [1.54, 1.807) is 6.07 Å². The fraction of sp³-hybridized carbons (Fsp3) is 0.375. The van der Waals surface area contributed by atoms with Crippen LogP contribution < -0.4 is 9.46 Å². The van der Waals surface area contributed by atoms with Crippen LogP contribution in [0, 0.1) is 0 Å². The number of benzene rings is 1. The summed E-state index contributed by atoms with van der Waals surface area (Å²) in [4.78, 5) is 13.7. The number of anilines is 1. The molecule has 4 rings (SSSR count). The van der Waals surface area contributed by atoms with Crippen molar-refractivity contribution in [3.63, 3.8) is 0 Å². The third-order valence-electron chi connectivity index (χ3n) is 6.28. The highest BCUT2D eigenvalue weighted by molar-refractivity contribution is 9.10. The Morgan fingerprint density at radius 2 is 1.92 bits per heavy atom. The van der Waals surface area contributed by atoms with Crippen molar-refractivity contribution in [1.82, 2.24) is 19.9 Å². The minimum atomic E-state index is -4.39. The molecule has 8 nitrogen and oxygen atoms in total. The van der Waals surface area contributed by atoms with Gasteiger partial charge in [-0.25, -0.2) is 23.4 Å². The Bertz CT molecular complexity index is 1340. The summed E-state index contributed by atoms with van der Waals surface area (Å²) in [5.41, 5.74) is 0.00679. The third-order valence-corrected chi connectivity index (χ3v) is 8.17. The van der Waals surface area contributed by atoms with Gasteiger partial charge in [0, 0.05) is 12.2 Å². The van der Waals surface area contributed by atoms with E-state index in [1.807, 2.05) is 19.0 Å². The Morgan fingerprint density at radius 1 is 1.14 bits per heavy atom. The number of alkyl halides is 3. The fourth-order valence-electron chi connectivity index (χ4n) is 4.40. The summed E-state index contributed by atoms with van der Waals surface area (Å²) in [5, 5.41) is 0. The lowest BCUT2D eigenvalue weighted by Gasteiger charge is -2.39. The lowest BCUT2D eigenvalue weighted by molar-refractivity contribution is -0.137. The van der Waals surface area contributed by atoms with E-state index in [4.69, 9.17) is 4.74 Å². The summed E-state index contributed by atoms with van der Waals surface area (Å²) in [6.45, 7) is 0. The molecule has 0 saturated heterocycles. The van der Waals surface area contributed by atoms with Gasteiger partial charge in [-0.3, -0.25) is 4.72 Å². The summed E-state index contributed by atoms with van der Waals surface area (Å²) in [6, 6.07) is 8.22. The molecule has 0 bridgehead atoms. The number of pyridine rings is 1. The maximum atomic E-state index is 13.2. The Hall–Kier alpha value is -2.77. The quantitative estimate of drug-likeness (QED) is 0.403. The molecule has 198 valence electrons. The first kappa shape index (κ1) is 27.3. The lowest BCUT2D eigenvalue weighted by atomic mass is 9.79. The smallest absolute Gasteiger partial charge is 0.416 e. The molecule has 1 saturated carbocycles. The van der Waals surface area contributed by atoms with E-state index in [1.165, 1.54) is 43.0 Å². The highest BCUT2D eigenvalue weighted by Crippen LogP contribution is 2.39. The molecule has 2 aromatic heterocycles. The molecule has 2 heterocycles. The first-order valence-electron chi connectivity index (χ1n) is 11.4. The van der Waals surface area contributed by atoms with Crippen molar-refractivity contribution >= 4 is 31.8 Å². The van der Waals surface area contributed by atoms with Crippen LogP contribution in [-0.2, 0) is 16.2 Å². The second-order valence-corrected chi connectivity index (χ2v) is 11.5. The molecular formula is C24H25BrF3N5O3S. The number of ether oxygens (including phenoxy) is 1. The first-order chi connectivity index (χ1) is 17.4. The van der Waals surface area contributed by atoms with Crippen LogP contribution in [-0.4, -0.2) is 54.5 Å². The third kappa shape index (κ3) is 6.57. The largest absolute Gasteiger partial charge is 0.472 e. The van der Waals surface area contributed by atoms with Crippen molar-refractivity contribution in [2.24, 2.45) is 0 Å². The molecule has 1 aliphatic carbocycles. The highest BCUT2D eigenvalue weighted by Gasteiger charge is 2.36. The van der Waals surface area contributed by atoms with Gasteiger partial charge < -0.3 is 9.64 Å². The summed E-state index contributed by atoms with van der Waals surface area (Å²) >= 11 is 3.36. The van der Waals surface area contributed by atoms with Crippen molar-refractivity contribution in [2.45, 2.75) is 48.4 Å². The molecule has 1 N–H and O–H groups in total. The second kappa shape index (κ2) is 10.9. The van der Waals surface area contributed by atoms with Crippen LogP contribution in [0.3, 0.4) is 0 Å². The highest BCUT2D eigenvalue weighted by atomic mass is 79.9. The number of likely N-dealkylation sites (N-methyl/N-ethyl adjacent to an activating group) is 1. The topological polar surface area (TPSA) is 97.3 Å². The number of nitrogens with zero attached hydrogens (tertiary/aromatic N) is 4. The summed E-state index contributed by atoms with van der Waals surface area (Å²) < 4.78 is 73.9. The molecule has 0 spiro atoms.